The van der Waals surface area contributed by atoms with Crippen LogP contribution in [0.15, 0.2) is 0 Å². The quantitative estimate of drug-likeness (QED) is 0.849. The van der Waals surface area contributed by atoms with Crippen molar-refractivity contribution < 1.29 is 5.11 Å². The molecule has 1 unspecified atom stereocenters. The van der Waals surface area contributed by atoms with Gasteiger partial charge in [-0.15, -0.1) is 10.2 Å². The molecule has 100 valence electrons. The van der Waals surface area contributed by atoms with E-state index in [0.29, 0.717) is 5.92 Å². The van der Waals surface area contributed by atoms with Gasteiger partial charge in [0.1, 0.15) is 11.6 Å². The van der Waals surface area contributed by atoms with Crippen LogP contribution in [0.25, 0.3) is 0 Å². The minimum atomic E-state index is 0.207. The first-order valence-corrected chi connectivity index (χ1v) is 7.02. The van der Waals surface area contributed by atoms with Crippen molar-refractivity contribution in [2.45, 2.75) is 44.1 Å². The highest BCUT2D eigenvalue weighted by molar-refractivity contribution is 5.08. The highest BCUT2D eigenvalue weighted by Crippen LogP contribution is 2.32. The summed E-state index contributed by atoms with van der Waals surface area (Å²) < 4.78 is 2.24. The van der Waals surface area contributed by atoms with Gasteiger partial charge in [-0.25, -0.2) is 0 Å². The minimum Gasteiger partial charge on any atom is -0.394 e. The molecule has 0 radical (unpaired) electrons. The van der Waals surface area contributed by atoms with Crippen molar-refractivity contribution >= 4 is 0 Å². The first-order chi connectivity index (χ1) is 8.79. The van der Waals surface area contributed by atoms with E-state index < -0.39 is 0 Å². The second-order valence-electron chi connectivity index (χ2n) is 5.65. The highest BCUT2D eigenvalue weighted by Gasteiger charge is 2.29. The molecule has 0 spiro atoms. The Balaban J connectivity index is 1.86. The van der Waals surface area contributed by atoms with E-state index in [0.717, 1.165) is 56.8 Å². The summed E-state index contributed by atoms with van der Waals surface area (Å²) >= 11 is 0. The van der Waals surface area contributed by atoms with E-state index >= 15 is 0 Å². The topological polar surface area (TPSA) is 54.2 Å². The first-order valence-electron chi connectivity index (χ1n) is 7.02. The number of hydrogen-bond donors (Lipinski definition) is 1. The van der Waals surface area contributed by atoms with Crippen LogP contribution in [0.4, 0.5) is 0 Å². The van der Waals surface area contributed by atoms with Gasteiger partial charge in [-0.2, -0.15) is 0 Å². The van der Waals surface area contributed by atoms with Gasteiger partial charge in [0.05, 0.1) is 12.6 Å². The van der Waals surface area contributed by atoms with Crippen LogP contribution in [0.5, 0.6) is 0 Å². The normalized spacial score (nSPS) is 26.2. The molecule has 5 heteroatoms. The third-order valence-electron chi connectivity index (χ3n) is 4.39. The lowest BCUT2D eigenvalue weighted by molar-refractivity contribution is 0.195. The van der Waals surface area contributed by atoms with Gasteiger partial charge in [0.2, 0.25) is 0 Å². The third-order valence-corrected chi connectivity index (χ3v) is 4.39. The molecule has 1 aromatic heterocycles. The van der Waals surface area contributed by atoms with Gasteiger partial charge in [0, 0.05) is 12.3 Å². The van der Waals surface area contributed by atoms with E-state index in [1.165, 1.54) is 0 Å². The summed E-state index contributed by atoms with van der Waals surface area (Å²) in [5.74, 6) is 2.72. The number of aliphatic hydroxyl groups is 1. The molecule has 5 nitrogen and oxygen atoms in total. The van der Waals surface area contributed by atoms with Crippen LogP contribution in [-0.4, -0.2) is 51.5 Å². The molecular weight excluding hydrogens is 228 g/mol. The van der Waals surface area contributed by atoms with E-state index in [1.54, 1.807) is 0 Å². The number of fused-ring (bicyclic) bond motifs is 1. The predicted molar refractivity (Wildman–Crippen MR) is 68.6 cm³/mol. The molecule has 18 heavy (non-hydrogen) atoms. The summed E-state index contributed by atoms with van der Waals surface area (Å²) in [6, 6.07) is 0.207. The number of aliphatic hydroxyl groups excluding tert-OH is 1. The van der Waals surface area contributed by atoms with Gasteiger partial charge in [0.25, 0.3) is 0 Å². The van der Waals surface area contributed by atoms with Crippen molar-refractivity contribution in [3.8, 4) is 0 Å². The van der Waals surface area contributed by atoms with E-state index in [2.05, 4.69) is 26.7 Å². The maximum Gasteiger partial charge on any atom is 0.136 e. The average molecular weight is 250 g/mol. The molecule has 3 heterocycles. The molecule has 2 aliphatic heterocycles. The smallest absolute Gasteiger partial charge is 0.136 e. The fourth-order valence-electron chi connectivity index (χ4n) is 3.25. The van der Waals surface area contributed by atoms with Gasteiger partial charge in [-0.3, -0.25) is 0 Å². The second-order valence-corrected chi connectivity index (χ2v) is 5.65. The first kappa shape index (κ1) is 12.1. The fourth-order valence-corrected chi connectivity index (χ4v) is 3.25. The Kier molecular flexibility index (Phi) is 3.35. The minimum absolute atomic E-state index is 0.207. The van der Waals surface area contributed by atoms with Crippen LogP contribution in [0.2, 0.25) is 0 Å². The van der Waals surface area contributed by atoms with Crippen molar-refractivity contribution in [2.24, 2.45) is 0 Å². The van der Waals surface area contributed by atoms with E-state index in [4.69, 9.17) is 0 Å². The predicted octanol–water partition coefficient (Wildman–Crippen LogP) is 0.957. The number of aromatic nitrogens is 3. The third kappa shape index (κ3) is 2.06. The van der Waals surface area contributed by atoms with Crippen LogP contribution in [-0.2, 0) is 6.42 Å². The summed E-state index contributed by atoms with van der Waals surface area (Å²) in [4.78, 5) is 2.37. The molecular formula is C13H22N4O. The van der Waals surface area contributed by atoms with Crippen molar-refractivity contribution in [2.75, 3.05) is 26.7 Å². The van der Waals surface area contributed by atoms with Crippen molar-refractivity contribution in [3.05, 3.63) is 11.6 Å². The van der Waals surface area contributed by atoms with Crippen LogP contribution >= 0.6 is 0 Å². The Morgan fingerprint density at radius 3 is 2.72 bits per heavy atom. The summed E-state index contributed by atoms with van der Waals surface area (Å²) in [5.41, 5.74) is 0. The molecule has 1 fully saturated rings. The van der Waals surface area contributed by atoms with Gasteiger partial charge in [-0.05, 0) is 45.8 Å². The molecule has 1 atom stereocenters. The van der Waals surface area contributed by atoms with Crippen LogP contribution in [0.3, 0.4) is 0 Å². The van der Waals surface area contributed by atoms with Crippen LogP contribution in [0.1, 0.15) is 49.3 Å². The zero-order valence-electron chi connectivity index (χ0n) is 11.0. The summed E-state index contributed by atoms with van der Waals surface area (Å²) in [5, 5.41) is 18.3. The van der Waals surface area contributed by atoms with E-state index in [9.17, 15) is 5.11 Å². The zero-order valence-corrected chi connectivity index (χ0v) is 11.0. The maximum absolute atomic E-state index is 9.54. The van der Waals surface area contributed by atoms with Gasteiger partial charge in [-0.1, -0.05) is 0 Å². The molecule has 3 rings (SSSR count). The number of likely N-dealkylation sites (tertiary alicyclic amines) is 1. The Morgan fingerprint density at radius 2 is 2.00 bits per heavy atom. The van der Waals surface area contributed by atoms with Crippen molar-refractivity contribution in [1.82, 2.24) is 19.7 Å². The molecule has 2 aliphatic rings. The molecule has 0 aromatic carbocycles. The Labute approximate surface area is 108 Å². The monoisotopic (exact) mass is 250 g/mol. The van der Waals surface area contributed by atoms with Crippen molar-refractivity contribution in [1.29, 1.82) is 0 Å². The molecule has 1 aromatic rings. The van der Waals surface area contributed by atoms with Crippen LogP contribution < -0.4 is 0 Å². The molecule has 0 saturated carbocycles. The maximum atomic E-state index is 9.54. The van der Waals surface area contributed by atoms with E-state index in [-0.39, 0.29) is 12.6 Å². The number of rotatable bonds is 2. The van der Waals surface area contributed by atoms with Crippen LogP contribution in [0, 0.1) is 0 Å². The lowest BCUT2D eigenvalue weighted by Crippen LogP contribution is -2.31. The number of aryl methyl sites for hydroxylation is 1. The Morgan fingerprint density at radius 1 is 1.22 bits per heavy atom. The van der Waals surface area contributed by atoms with Crippen molar-refractivity contribution in [3.63, 3.8) is 0 Å². The molecule has 1 N–H and O–H groups in total. The summed E-state index contributed by atoms with van der Waals surface area (Å²) in [6.07, 6.45) is 5.51. The SMILES string of the molecule is CN1CCC(c2nnc3n2C(CO)CCC3)CC1. The van der Waals surface area contributed by atoms with E-state index in [1.807, 2.05) is 0 Å². The lowest BCUT2D eigenvalue weighted by Gasteiger charge is -2.31. The fraction of sp³-hybridized carbons (Fsp3) is 0.846. The van der Waals surface area contributed by atoms with Gasteiger partial charge >= 0.3 is 0 Å². The Bertz CT molecular complexity index is 409. The summed E-state index contributed by atoms with van der Waals surface area (Å²) in [6.45, 7) is 2.48. The largest absolute Gasteiger partial charge is 0.394 e. The highest BCUT2D eigenvalue weighted by atomic mass is 16.3. The zero-order chi connectivity index (χ0) is 12.5. The van der Waals surface area contributed by atoms with Gasteiger partial charge < -0.3 is 14.6 Å². The van der Waals surface area contributed by atoms with Gasteiger partial charge in [0.15, 0.2) is 0 Å². The average Bonchev–Trinajstić information content (AvgIpc) is 2.83. The standard InChI is InChI=1S/C13H22N4O/c1-16-7-5-10(6-8-16)13-15-14-12-4-2-3-11(9-18)17(12)13/h10-11,18H,2-9H2,1H3. The molecule has 1 saturated heterocycles. The molecule has 0 aliphatic carbocycles. The molecule has 0 amide bonds. The molecule has 0 bridgehead atoms. The summed E-state index contributed by atoms with van der Waals surface area (Å²) in [7, 11) is 2.17. The number of hydrogen-bond acceptors (Lipinski definition) is 4. The number of nitrogens with zero attached hydrogens (tertiary/aromatic N) is 4. The Hall–Kier alpha value is -0.940. The number of piperidine rings is 1. The second kappa shape index (κ2) is 4.97. The lowest BCUT2D eigenvalue weighted by atomic mass is 9.95.